The number of ether oxygens (including phenoxy) is 2. The summed E-state index contributed by atoms with van der Waals surface area (Å²) in [6.45, 7) is 0. The van der Waals surface area contributed by atoms with Crippen molar-refractivity contribution in [1.82, 2.24) is 24.6 Å². The van der Waals surface area contributed by atoms with Gasteiger partial charge in [0.1, 0.15) is 5.01 Å². The average Bonchev–Trinajstić information content (AvgIpc) is 3.32. The fourth-order valence-electron chi connectivity index (χ4n) is 2.47. The molecule has 0 saturated carbocycles. The summed E-state index contributed by atoms with van der Waals surface area (Å²) >= 11 is 3.10. The van der Waals surface area contributed by atoms with Crippen molar-refractivity contribution in [2.75, 3.05) is 14.2 Å². The molecule has 0 N–H and O–H groups in total. The molecule has 0 atom stereocenters. The van der Waals surface area contributed by atoms with Crippen LogP contribution in [0.4, 0.5) is 0 Å². The summed E-state index contributed by atoms with van der Waals surface area (Å²) in [5.74, 6) is 2.66. The molecule has 1 aromatic carbocycles. The first kappa shape index (κ1) is 16.8. The van der Waals surface area contributed by atoms with Crippen LogP contribution < -0.4 is 9.47 Å². The van der Waals surface area contributed by atoms with Crippen molar-refractivity contribution in [3.63, 3.8) is 0 Å². The number of methoxy groups -OCH3 is 2. The van der Waals surface area contributed by atoms with Gasteiger partial charge in [-0.25, -0.2) is 14.5 Å². The quantitative estimate of drug-likeness (QED) is 0.470. The molecule has 26 heavy (non-hydrogen) atoms. The van der Waals surface area contributed by atoms with E-state index in [-0.39, 0.29) is 0 Å². The number of fused-ring (bicyclic) bond motifs is 1. The van der Waals surface area contributed by atoms with Crippen LogP contribution >= 0.6 is 23.1 Å². The Morgan fingerprint density at radius 3 is 2.88 bits per heavy atom. The summed E-state index contributed by atoms with van der Waals surface area (Å²) in [4.78, 5) is 13.3. The molecular weight excluding hydrogens is 370 g/mol. The summed E-state index contributed by atoms with van der Waals surface area (Å²) in [5, 5.41) is 7.99. The van der Waals surface area contributed by atoms with E-state index in [1.54, 1.807) is 36.3 Å². The van der Waals surface area contributed by atoms with Gasteiger partial charge in [0.05, 0.1) is 25.5 Å². The van der Waals surface area contributed by atoms with Gasteiger partial charge in [0.2, 0.25) is 5.16 Å². The predicted molar refractivity (Wildman–Crippen MR) is 101 cm³/mol. The lowest BCUT2D eigenvalue weighted by atomic mass is 10.2. The van der Waals surface area contributed by atoms with E-state index < -0.39 is 0 Å². The average molecular weight is 385 g/mol. The van der Waals surface area contributed by atoms with E-state index in [4.69, 9.17) is 14.5 Å². The molecule has 0 amide bonds. The summed E-state index contributed by atoms with van der Waals surface area (Å²) in [6.07, 6.45) is 3.53. The van der Waals surface area contributed by atoms with Crippen LogP contribution in [0.25, 0.3) is 16.3 Å². The lowest BCUT2D eigenvalue weighted by Crippen LogP contribution is -1.93. The number of rotatable bonds is 6. The Labute approximate surface area is 158 Å². The van der Waals surface area contributed by atoms with Crippen molar-refractivity contribution in [3.05, 3.63) is 47.7 Å². The molecule has 0 aliphatic carbocycles. The molecule has 0 spiro atoms. The smallest absolute Gasteiger partial charge is 0.253 e. The molecule has 0 bridgehead atoms. The van der Waals surface area contributed by atoms with Crippen molar-refractivity contribution in [3.8, 4) is 22.1 Å². The summed E-state index contributed by atoms with van der Waals surface area (Å²) in [6, 6.07) is 7.60. The molecule has 4 rings (SSSR count). The van der Waals surface area contributed by atoms with Crippen LogP contribution in [-0.2, 0) is 5.75 Å². The molecule has 0 aliphatic heterocycles. The third kappa shape index (κ3) is 3.23. The predicted octanol–water partition coefficient (Wildman–Crippen LogP) is 3.56. The van der Waals surface area contributed by atoms with E-state index in [9.17, 15) is 0 Å². The number of hydrogen-bond donors (Lipinski definition) is 0. The van der Waals surface area contributed by atoms with Gasteiger partial charge >= 0.3 is 0 Å². The number of thiazole rings is 1. The zero-order valence-corrected chi connectivity index (χ0v) is 15.8. The molecule has 0 saturated heterocycles. The largest absolute Gasteiger partial charge is 0.493 e. The Kier molecular flexibility index (Phi) is 4.72. The van der Waals surface area contributed by atoms with Gasteiger partial charge in [0.25, 0.3) is 5.78 Å². The molecule has 7 nitrogen and oxygen atoms in total. The Morgan fingerprint density at radius 1 is 1.15 bits per heavy atom. The van der Waals surface area contributed by atoms with Gasteiger partial charge in [-0.05, 0) is 18.2 Å². The molecule has 0 unspecified atom stereocenters. The number of benzene rings is 1. The third-order valence-corrected chi connectivity index (χ3v) is 5.43. The van der Waals surface area contributed by atoms with E-state index in [0.717, 1.165) is 16.3 Å². The van der Waals surface area contributed by atoms with Gasteiger partial charge in [0, 0.05) is 23.5 Å². The number of hydrogen-bond acceptors (Lipinski definition) is 8. The molecule has 132 valence electrons. The maximum atomic E-state index is 5.50. The first-order valence-electron chi connectivity index (χ1n) is 7.74. The highest BCUT2D eigenvalue weighted by Crippen LogP contribution is 2.39. The Balaban J connectivity index is 1.53. The molecule has 0 fully saturated rings. The van der Waals surface area contributed by atoms with Crippen molar-refractivity contribution in [2.45, 2.75) is 10.9 Å². The maximum Gasteiger partial charge on any atom is 0.253 e. The van der Waals surface area contributed by atoms with Gasteiger partial charge < -0.3 is 9.47 Å². The van der Waals surface area contributed by atoms with Crippen LogP contribution in [0.2, 0.25) is 0 Å². The van der Waals surface area contributed by atoms with Crippen LogP contribution in [0.1, 0.15) is 5.69 Å². The normalized spacial score (nSPS) is 11.0. The van der Waals surface area contributed by atoms with Crippen molar-refractivity contribution in [1.29, 1.82) is 0 Å². The monoisotopic (exact) mass is 385 g/mol. The van der Waals surface area contributed by atoms with E-state index in [0.29, 0.717) is 28.2 Å². The van der Waals surface area contributed by atoms with Gasteiger partial charge in [0.15, 0.2) is 11.5 Å². The van der Waals surface area contributed by atoms with E-state index in [1.807, 2.05) is 35.8 Å². The second kappa shape index (κ2) is 7.30. The molecule has 4 aromatic rings. The van der Waals surface area contributed by atoms with Gasteiger partial charge in [-0.3, -0.25) is 0 Å². The summed E-state index contributed by atoms with van der Waals surface area (Å²) in [5.41, 5.74) is 1.88. The fraction of sp³-hybridized carbons (Fsp3) is 0.176. The molecule has 9 heteroatoms. The minimum Gasteiger partial charge on any atom is -0.493 e. The van der Waals surface area contributed by atoms with Crippen LogP contribution in [-0.4, -0.2) is 38.8 Å². The highest BCUT2D eigenvalue weighted by Gasteiger charge is 2.15. The SMILES string of the molecule is COc1cccc(-c2nc(CSc3nc4ncccn4n3)cs2)c1OC. The number of nitrogens with zero attached hydrogens (tertiary/aromatic N) is 5. The van der Waals surface area contributed by atoms with Gasteiger partial charge in [-0.2, -0.15) is 4.98 Å². The topological polar surface area (TPSA) is 74.4 Å². The second-order valence-electron chi connectivity index (χ2n) is 5.23. The number of thioether (sulfide) groups is 1. The van der Waals surface area contributed by atoms with Crippen LogP contribution in [0, 0.1) is 0 Å². The summed E-state index contributed by atoms with van der Waals surface area (Å²) in [7, 11) is 3.26. The van der Waals surface area contributed by atoms with Crippen LogP contribution in [0.15, 0.2) is 47.2 Å². The number of para-hydroxylation sites is 1. The van der Waals surface area contributed by atoms with E-state index >= 15 is 0 Å². The van der Waals surface area contributed by atoms with Gasteiger partial charge in [-0.1, -0.05) is 17.8 Å². The lowest BCUT2D eigenvalue weighted by Gasteiger charge is -2.10. The standard InChI is InChI=1S/C17H15N5O2S2/c1-23-13-6-3-5-12(14(13)24-2)15-19-11(9-25-15)10-26-17-20-16-18-7-4-8-22(16)21-17/h3-9H,10H2,1-2H3. The fourth-order valence-corrected chi connectivity index (χ4v) is 4.13. The Bertz CT molecular complexity index is 1010. The first-order chi connectivity index (χ1) is 12.8. The molecule has 0 radical (unpaired) electrons. The first-order valence-corrected chi connectivity index (χ1v) is 9.61. The number of aromatic nitrogens is 5. The van der Waals surface area contributed by atoms with Gasteiger partial charge in [-0.15, -0.1) is 16.4 Å². The van der Waals surface area contributed by atoms with Crippen molar-refractivity contribution >= 4 is 28.9 Å². The highest BCUT2D eigenvalue weighted by molar-refractivity contribution is 7.98. The van der Waals surface area contributed by atoms with E-state index in [1.165, 1.54) is 11.8 Å². The third-order valence-electron chi connectivity index (χ3n) is 3.63. The Hall–Kier alpha value is -2.65. The van der Waals surface area contributed by atoms with Crippen LogP contribution in [0.3, 0.4) is 0 Å². The summed E-state index contributed by atoms with van der Waals surface area (Å²) < 4.78 is 12.5. The maximum absolute atomic E-state index is 5.50. The lowest BCUT2D eigenvalue weighted by molar-refractivity contribution is 0.356. The Morgan fingerprint density at radius 2 is 2.08 bits per heavy atom. The van der Waals surface area contributed by atoms with E-state index in [2.05, 4.69) is 15.1 Å². The van der Waals surface area contributed by atoms with Crippen LogP contribution in [0.5, 0.6) is 11.5 Å². The molecule has 3 heterocycles. The van der Waals surface area contributed by atoms with Crippen molar-refractivity contribution < 1.29 is 9.47 Å². The molecular formula is C17H15N5O2S2. The minimum absolute atomic E-state index is 0.593. The van der Waals surface area contributed by atoms with Crippen molar-refractivity contribution in [2.24, 2.45) is 0 Å². The second-order valence-corrected chi connectivity index (χ2v) is 7.03. The molecule has 3 aromatic heterocycles. The zero-order chi connectivity index (χ0) is 17.9. The molecule has 0 aliphatic rings. The highest BCUT2D eigenvalue weighted by atomic mass is 32.2. The zero-order valence-electron chi connectivity index (χ0n) is 14.1. The minimum atomic E-state index is 0.593.